The quantitative estimate of drug-likeness (QED) is 0.357. The van der Waals surface area contributed by atoms with Gasteiger partial charge in [0.15, 0.2) is 0 Å². The van der Waals surface area contributed by atoms with E-state index in [0.717, 1.165) is 40.6 Å². The molecule has 2 aromatic heterocycles. The third-order valence-electron chi connectivity index (χ3n) is 5.51. The lowest BCUT2D eigenvalue weighted by Gasteiger charge is -2.09. The van der Waals surface area contributed by atoms with Gasteiger partial charge in [-0.3, -0.25) is 9.59 Å². The number of H-pyrrole nitrogens is 1. The monoisotopic (exact) mass is 495 g/mol. The van der Waals surface area contributed by atoms with Gasteiger partial charge in [-0.15, -0.1) is 23.1 Å². The highest BCUT2D eigenvalue weighted by atomic mass is 32.2. The first kappa shape index (κ1) is 22.6. The van der Waals surface area contributed by atoms with Gasteiger partial charge in [-0.1, -0.05) is 18.2 Å². The molecule has 0 spiro atoms. The Kier molecular flexibility index (Phi) is 6.64. The number of hydrogen-bond acceptors (Lipinski definition) is 6. The summed E-state index contributed by atoms with van der Waals surface area (Å²) in [7, 11) is 0. The molecule has 9 heteroatoms. The molecule has 0 aliphatic heterocycles. The highest BCUT2D eigenvalue weighted by Crippen LogP contribution is 2.34. The Bertz CT molecular complexity index is 1420. The fourth-order valence-corrected chi connectivity index (χ4v) is 5.99. The van der Waals surface area contributed by atoms with Crippen LogP contribution in [0.1, 0.15) is 28.2 Å². The van der Waals surface area contributed by atoms with Gasteiger partial charge in [0, 0.05) is 16.6 Å². The Hall–Kier alpha value is -3.17. The van der Waals surface area contributed by atoms with Crippen LogP contribution in [0, 0.1) is 5.82 Å². The smallest absolute Gasteiger partial charge is 0.259 e. The maximum absolute atomic E-state index is 13.3. The molecule has 5 rings (SSSR count). The van der Waals surface area contributed by atoms with E-state index in [1.807, 2.05) is 18.2 Å². The lowest BCUT2D eigenvalue weighted by molar-refractivity contribution is -0.113. The molecule has 1 aliphatic rings. The average molecular weight is 496 g/mol. The van der Waals surface area contributed by atoms with Crippen molar-refractivity contribution >= 4 is 44.9 Å². The summed E-state index contributed by atoms with van der Waals surface area (Å²) in [6, 6.07) is 13.3. The van der Waals surface area contributed by atoms with Crippen LogP contribution in [0.3, 0.4) is 0 Å². The van der Waals surface area contributed by atoms with Gasteiger partial charge in [-0.25, -0.2) is 9.37 Å². The van der Waals surface area contributed by atoms with Crippen molar-refractivity contribution < 1.29 is 13.9 Å². The number of thioether (sulfide) groups is 1. The van der Waals surface area contributed by atoms with Crippen molar-refractivity contribution in [3.05, 3.63) is 86.5 Å². The summed E-state index contributed by atoms with van der Waals surface area (Å²) in [4.78, 5) is 34.5. The van der Waals surface area contributed by atoms with Gasteiger partial charge in [0.1, 0.15) is 28.8 Å². The van der Waals surface area contributed by atoms with Crippen LogP contribution in [-0.4, -0.2) is 21.6 Å². The molecule has 0 radical (unpaired) electrons. The second-order valence-electron chi connectivity index (χ2n) is 8.04. The Balaban J connectivity index is 1.14. The topological polar surface area (TPSA) is 84.1 Å². The number of halogens is 1. The Morgan fingerprint density at radius 1 is 1.21 bits per heavy atom. The molecule has 2 aromatic carbocycles. The van der Waals surface area contributed by atoms with Crippen LogP contribution in [0.15, 0.2) is 53.3 Å². The molecule has 0 saturated heterocycles. The lowest BCUT2D eigenvalue weighted by atomic mass is 10.2. The average Bonchev–Trinajstić information content (AvgIpc) is 3.39. The molecule has 0 saturated carbocycles. The fraction of sp³-hybridized carbons (Fsp3) is 0.240. The molecule has 2 N–H and O–H groups in total. The zero-order valence-corrected chi connectivity index (χ0v) is 19.9. The number of carbonyl (C=O) groups is 1. The van der Waals surface area contributed by atoms with E-state index in [4.69, 9.17) is 4.74 Å². The third kappa shape index (κ3) is 5.15. The number of hydrogen-bond donors (Lipinski definition) is 2. The molecule has 0 atom stereocenters. The molecule has 0 unspecified atom stereocenters. The van der Waals surface area contributed by atoms with E-state index < -0.39 is 0 Å². The molecule has 174 valence electrons. The summed E-state index contributed by atoms with van der Waals surface area (Å²) in [5.74, 6) is 1.21. The zero-order chi connectivity index (χ0) is 23.5. The summed E-state index contributed by atoms with van der Waals surface area (Å²) >= 11 is 3.01. The van der Waals surface area contributed by atoms with E-state index in [2.05, 4.69) is 15.3 Å². The number of rotatable bonds is 8. The first-order chi connectivity index (χ1) is 16.5. The SMILES string of the molecule is O=C(CSCc1nc2sc3c(c2c(=O)[nH]1)CCC3)Nc1cccc(COc2cccc(F)c2)c1. The number of amides is 1. The lowest BCUT2D eigenvalue weighted by Crippen LogP contribution is -2.15. The molecular weight excluding hydrogens is 473 g/mol. The van der Waals surface area contributed by atoms with E-state index in [1.165, 1.54) is 28.8 Å². The Labute approximate surface area is 203 Å². The zero-order valence-electron chi connectivity index (χ0n) is 18.2. The van der Waals surface area contributed by atoms with Crippen molar-refractivity contribution in [3.63, 3.8) is 0 Å². The fourth-order valence-electron chi connectivity index (χ4n) is 4.02. The first-order valence-corrected chi connectivity index (χ1v) is 12.9. The molecule has 2 heterocycles. The van der Waals surface area contributed by atoms with Crippen LogP contribution < -0.4 is 15.6 Å². The molecule has 34 heavy (non-hydrogen) atoms. The van der Waals surface area contributed by atoms with Gasteiger partial charge < -0.3 is 15.0 Å². The van der Waals surface area contributed by atoms with Gasteiger partial charge in [0.05, 0.1) is 16.9 Å². The van der Waals surface area contributed by atoms with Crippen LogP contribution in [0.2, 0.25) is 0 Å². The van der Waals surface area contributed by atoms with E-state index >= 15 is 0 Å². The number of nitrogens with zero attached hydrogens (tertiary/aromatic N) is 1. The minimum atomic E-state index is -0.353. The predicted molar refractivity (Wildman–Crippen MR) is 134 cm³/mol. The van der Waals surface area contributed by atoms with Crippen LogP contribution in [0.25, 0.3) is 10.2 Å². The molecule has 0 bridgehead atoms. The minimum absolute atomic E-state index is 0.0817. The molecule has 0 fully saturated rings. The van der Waals surface area contributed by atoms with E-state index in [-0.39, 0.29) is 29.6 Å². The number of carbonyl (C=O) groups excluding carboxylic acids is 1. The third-order valence-corrected chi connectivity index (χ3v) is 7.64. The summed E-state index contributed by atoms with van der Waals surface area (Å²) < 4.78 is 18.9. The van der Waals surface area contributed by atoms with Crippen molar-refractivity contribution in [2.75, 3.05) is 11.1 Å². The van der Waals surface area contributed by atoms with E-state index in [9.17, 15) is 14.0 Å². The molecular formula is C25H22FN3O3S2. The van der Waals surface area contributed by atoms with Crippen LogP contribution in [0.4, 0.5) is 10.1 Å². The van der Waals surface area contributed by atoms with Gasteiger partial charge >= 0.3 is 0 Å². The van der Waals surface area contributed by atoms with Gasteiger partial charge in [0.25, 0.3) is 5.56 Å². The first-order valence-electron chi connectivity index (χ1n) is 10.9. The summed E-state index contributed by atoms with van der Waals surface area (Å²) in [6.45, 7) is 0.259. The number of ether oxygens (including phenoxy) is 1. The van der Waals surface area contributed by atoms with E-state index in [0.29, 0.717) is 23.0 Å². The number of nitrogens with one attached hydrogen (secondary N) is 2. The van der Waals surface area contributed by atoms with Crippen LogP contribution >= 0.6 is 23.1 Å². The summed E-state index contributed by atoms with van der Waals surface area (Å²) in [6.07, 6.45) is 3.08. The summed E-state index contributed by atoms with van der Waals surface area (Å²) in [5.41, 5.74) is 2.59. The highest BCUT2D eigenvalue weighted by Gasteiger charge is 2.21. The number of fused-ring (bicyclic) bond motifs is 3. The minimum Gasteiger partial charge on any atom is -0.489 e. The second-order valence-corrected chi connectivity index (χ2v) is 10.1. The van der Waals surface area contributed by atoms with Crippen molar-refractivity contribution in [2.24, 2.45) is 0 Å². The standard InChI is InChI=1S/C25H22FN3O3S2/c26-16-5-2-7-18(11-16)32-12-15-4-1-6-17(10-15)27-22(30)14-33-13-21-28-24(31)23-19-8-3-9-20(19)34-25(23)29-21/h1-2,4-7,10-11H,3,8-9,12-14H2,(H,27,30)(H,28,29,31). The van der Waals surface area contributed by atoms with Crippen molar-refractivity contribution in [2.45, 2.75) is 31.6 Å². The van der Waals surface area contributed by atoms with Crippen molar-refractivity contribution in [3.8, 4) is 5.75 Å². The molecule has 4 aromatic rings. The number of thiophene rings is 1. The second kappa shape index (κ2) is 9.99. The van der Waals surface area contributed by atoms with Gasteiger partial charge in [-0.2, -0.15) is 0 Å². The number of anilines is 1. The number of aryl methyl sites for hydroxylation is 2. The van der Waals surface area contributed by atoms with Gasteiger partial charge in [-0.05, 0) is 54.7 Å². The van der Waals surface area contributed by atoms with Gasteiger partial charge in [0.2, 0.25) is 5.91 Å². The summed E-state index contributed by atoms with van der Waals surface area (Å²) in [5, 5.41) is 3.62. The van der Waals surface area contributed by atoms with Crippen molar-refractivity contribution in [1.82, 2.24) is 9.97 Å². The van der Waals surface area contributed by atoms with Crippen LogP contribution in [-0.2, 0) is 30.0 Å². The number of benzene rings is 2. The number of aromatic nitrogens is 2. The molecule has 1 aliphatic carbocycles. The normalized spacial score (nSPS) is 12.6. The maximum Gasteiger partial charge on any atom is 0.259 e. The maximum atomic E-state index is 13.3. The highest BCUT2D eigenvalue weighted by molar-refractivity contribution is 7.99. The van der Waals surface area contributed by atoms with E-state index in [1.54, 1.807) is 29.5 Å². The number of aromatic amines is 1. The predicted octanol–water partition coefficient (Wildman–Crippen LogP) is 5.06. The molecule has 1 amide bonds. The Morgan fingerprint density at radius 2 is 2.09 bits per heavy atom. The molecule has 6 nitrogen and oxygen atoms in total. The van der Waals surface area contributed by atoms with Crippen LogP contribution in [0.5, 0.6) is 5.75 Å². The largest absolute Gasteiger partial charge is 0.489 e. The Morgan fingerprint density at radius 3 is 2.97 bits per heavy atom. The van der Waals surface area contributed by atoms with Crippen molar-refractivity contribution in [1.29, 1.82) is 0 Å².